The van der Waals surface area contributed by atoms with E-state index in [1.165, 1.54) is 7.11 Å². The second-order valence-corrected chi connectivity index (χ2v) is 5.06. The molecule has 8 heteroatoms. The van der Waals surface area contributed by atoms with Gasteiger partial charge in [-0.3, -0.25) is 15.0 Å². The summed E-state index contributed by atoms with van der Waals surface area (Å²) in [5.41, 5.74) is 5.83. The summed E-state index contributed by atoms with van der Waals surface area (Å²) >= 11 is 0. The number of H-pyrrole nitrogens is 1. The van der Waals surface area contributed by atoms with Gasteiger partial charge in [0.25, 0.3) is 5.56 Å². The zero-order valence-corrected chi connectivity index (χ0v) is 13.4. The van der Waals surface area contributed by atoms with Gasteiger partial charge in [0.2, 0.25) is 5.95 Å². The van der Waals surface area contributed by atoms with Gasteiger partial charge in [0.05, 0.1) is 13.3 Å². The fourth-order valence-electron chi connectivity index (χ4n) is 2.41. The largest absolute Gasteiger partial charge is 0.368 e. The van der Waals surface area contributed by atoms with Gasteiger partial charge >= 0.3 is 0 Å². The first-order chi connectivity index (χ1) is 10.6. The maximum atomic E-state index is 11.8. The molecule has 1 atom stereocenters. The quantitative estimate of drug-likeness (QED) is 0.556. The second-order valence-electron chi connectivity index (χ2n) is 5.06. The van der Waals surface area contributed by atoms with Gasteiger partial charge in [-0.1, -0.05) is 33.1 Å². The number of imidazole rings is 1. The average Bonchev–Trinajstić information content (AvgIpc) is 2.88. The van der Waals surface area contributed by atoms with E-state index >= 15 is 0 Å². The molecule has 1 unspecified atom stereocenters. The number of rotatable bonds is 6. The Hall–Kier alpha value is -1.93. The molecule has 0 aliphatic rings. The monoisotopic (exact) mass is 311 g/mol. The Morgan fingerprint density at radius 3 is 2.68 bits per heavy atom. The van der Waals surface area contributed by atoms with Gasteiger partial charge < -0.3 is 5.73 Å². The third kappa shape index (κ3) is 4.54. The van der Waals surface area contributed by atoms with Crippen molar-refractivity contribution >= 4 is 11.5 Å². The van der Waals surface area contributed by atoms with Crippen molar-refractivity contribution in [2.45, 2.75) is 51.9 Å². The summed E-state index contributed by atoms with van der Waals surface area (Å²) < 4.78 is 1.60. The molecule has 0 radical (unpaired) electrons. The first-order valence-electron chi connectivity index (χ1n) is 7.49. The molecule has 0 aromatic carbocycles. The molecule has 0 bridgehead atoms. The Bertz CT molecular complexity index is 622. The number of unbranched alkanes of at least 4 members (excludes halogenated alkanes) is 1. The highest BCUT2D eigenvalue weighted by molar-refractivity contribution is 5.43. The van der Waals surface area contributed by atoms with Crippen molar-refractivity contribution in [2.75, 3.05) is 12.8 Å². The molecule has 2 aromatic heterocycles. The van der Waals surface area contributed by atoms with Gasteiger partial charge in [-0.05, 0) is 12.8 Å². The van der Waals surface area contributed by atoms with Crippen LogP contribution in [-0.2, 0) is 4.89 Å². The average molecular weight is 311 g/mol. The number of nitrogen functional groups attached to an aromatic ring is 1. The predicted octanol–water partition coefficient (Wildman–Crippen LogP) is 2.18. The number of nitrogens with zero attached hydrogens (tertiary/aromatic N) is 3. The molecular weight excluding hydrogens is 286 g/mol. The van der Waals surface area contributed by atoms with Gasteiger partial charge in [0, 0.05) is 5.92 Å². The molecule has 0 saturated carbocycles. The molecular formula is C14H25N5O3. The van der Waals surface area contributed by atoms with E-state index in [2.05, 4.69) is 33.8 Å². The molecule has 22 heavy (non-hydrogen) atoms. The molecule has 2 rings (SSSR count). The highest BCUT2D eigenvalue weighted by Crippen LogP contribution is 2.25. The molecule has 2 heterocycles. The molecule has 2 aromatic rings. The van der Waals surface area contributed by atoms with Gasteiger partial charge in [-0.15, -0.1) is 5.10 Å². The van der Waals surface area contributed by atoms with E-state index in [1.54, 1.807) is 10.7 Å². The van der Waals surface area contributed by atoms with Crippen molar-refractivity contribution < 1.29 is 10.1 Å². The van der Waals surface area contributed by atoms with Crippen molar-refractivity contribution in [2.24, 2.45) is 0 Å². The summed E-state index contributed by atoms with van der Waals surface area (Å²) in [6, 6.07) is 0. The van der Waals surface area contributed by atoms with Gasteiger partial charge in [0.15, 0.2) is 5.52 Å². The lowest BCUT2D eigenvalue weighted by Gasteiger charge is -2.14. The SMILES string of the molecule is CCCCC(CCC)c1ncc2c(=O)[nH]c(N)nn12.COO. The standard InChI is InChI=1S/C13H21N5O.CH4O2/c1-3-5-7-9(6-4-2)11-15-8-10-12(19)16-13(14)17-18(10)11;1-3-2/h8-9H,3-7H2,1-2H3,(H3,14,16,17,19);2H,1H3. The minimum atomic E-state index is -0.239. The van der Waals surface area contributed by atoms with Crippen LogP contribution < -0.4 is 11.3 Å². The van der Waals surface area contributed by atoms with E-state index in [0.29, 0.717) is 11.4 Å². The number of hydrogen-bond acceptors (Lipinski definition) is 6. The zero-order valence-electron chi connectivity index (χ0n) is 13.4. The van der Waals surface area contributed by atoms with Crippen LogP contribution in [0.2, 0.25) is 0 Å². The summed E-state index contributed by atoms with van der Waals surface area (Å²) in [6.45, 7) is 4.33. The van der Waals surface area contributed by atoms with Crippen LogP contribution >= 0.6 is 0 Å². The van der Waals surface area contributed by atoms with Crippen LogP contribution in [0.3, 0.4) is 0 Å². The van der Waals surface area contributed by atoms with Crippen LogP contribution in [0, 0.1) is 0 Å². The maximum absolute atomic E-state index is 11.8. The zero-order chi connectivity index (χ0) is 16.5. The first-order valence-corrected chi connectivity index (χ1v) is 7.49. The topological polar surface area (TPSA) is 119 Å². The van der Waals surface area contributed by atoms with Gasteiger partial charge in [-0.2, -0.15) is 0 Å². The third-order valence-corrected chi connectivity index (χ3v) is 3.35. The lowest BCUT2D eigenvalue weighted by molar-refractivity contribution is -0.214. The van der Waals surface area contributed by atoms with Crippen LogP contribution in [0.1, 0.15) is 57.7 Å². The van der Waals surface area contributed by atoms with Crippen LogP contribution in [0.25, 0.3) is 5.52 Å². The van der Waals surface area contributed by atoms with Crippen LogP contribution in [0.15, 0.2) is 11.0 Å². The van der Waals surface area contributed by atoms with Crippen molar-refractivity contribution in [1.29, 1.82) is 0 Å². The highest BCUT2D eigenvalue weighted by atomic mass is 17.1. The Morgan fingerprint density at radius 1 is 1.41 bits per heavy atom. The minimum Gasteiger partial charge on any atom is -0.368 e. The van der Waals surface area contributed by atoms with E-state index in [-0.39, 0.29) is 11.5 Å². The van der Waals surface area contributed by atoms with E-state index in [9.17, 15) is 4.79 Å². The predicted molar refractivity (Wildman–Crippen MR) is 84.8 cm³/mol. The number of anilines is 1. The summed E-state index contributed by atoms with van der Waals surface area (Å²) in [5, 5.41) is 11.3. The molecule has 0 aliphatic carbocycles. The fourth-order valence-corrected chi connectivity index (χ4v) is 2.41. The number of aromatic nitrogens is 4. The van der Waals surface area contributed by atoms with Crippen molar-refractivity contribution in [3.63, 3.8) is 0 Å². The van der Waals surface area contributed by atoms with Crippen LogP contribution in [0.5, 0.6) is 0 Å². The number of fused-ring (bicyclic) bond motifs is 1. The fraction of sp³-hybridized carbons (Fsp3) is 0.643. The molecule has 0 spiro atoms. The van der Waals surface area contributed by atoms with E-state index < -0.39 is 0 Å². The number of nitrogens with two attached hydrogens (primary N) is 1. The lowest BCUT2D eigenvalue weighted by Crippen LogP contribution is -2.17. The molecule has 0 aliphatic heterocycles. The normalized spacial score (nSPS) is 12.0. The number of aromatic amines is 1. The summed E-state index contributed by atoms with van der Waals surface area (Å²) in [5.74, 6) is 1.31. The van der Waals surface area contributed by atoms with E-state index in [1.807, 2.05) is 0 Å². The van der Waals surface area contributed by atoms with Gasteiger partial charge in [0.1, 0.15) is 5.82 Å². The van der Waals surface area contributed by atoms with Crippen molar-refractivity contribution in [3.05, 3.63) is 22.4 Å². The number of nitrogens with one attached hydrogen (secondary N) is 1. The Labute approximate surface area is 129 Å². The van der Waals surface area contributed by atoms with Crippen LogP contribution in [-0.4, -0.2) is 31.9 Å². The summed E-state index contributed by atoms with van der Waals surface area (Å²) in [4.78, 5) is 21.9. The molecule has 0 fully saturated rings. The Balaban J connectivity index is 0.000000745. The maximum Gasteiger partial charge on any atom is 0.278 e. The van der Waals surface area contributed by atoms with E-state index in [0.717, 1.165) is 37.9 Å². The second kappa shape index (κ2) is 9.16. The van der Waals surface area contributed by atoms with Crippen molar-refractivity contribution in [1.82, 2.24) is 19.6 Å². The van der Waals surface area contributed by atoms with E-state index in [4.69, 9.17) is 11.0 Å². The molecule has 0 amide bonds. The van der Waals surface area contributed by atoms with Crippen LogP contribution in [0.4, 0.5) is 5.95 Å². The Morgan fingerprint density at radius 2 is 2.09 bits per heavy atom. The lowest BCUT2D eigenvalue weighted by atomic mass is 9.96. The smallest absolute Gasteiger partial charge is 0.278 e. The first kappa shape index (κ1) is 18.1. The minimum absolute atomic E-state index is 0.127. The third-order valence-electron chi connectivity index (χ3n) is 3.35. The van der Waals surface area contributed by atoms with Gasteiger partial charge in [-0.25, -0.2) is 14.4 Å². The molecule has 124 valence electrons. The summed E-state index contributed by atoms with van der Waals surface area (Å²) in [6.07, 6.45) is 7.08. The molecule has 8 nitrogen and oxygen atoms in total. The van der Waals surface area contributed by atoms with Crippen molar-refractivity contribution in [3.8, 4) is 0 Å². The molecule has 0 saturated heterocycles. The molecule has 4 N–H and O–H groups in total. The summed E-state index contributed by atoms with van der Waals surface area (Å²) in [7, 11) is 1.18. The Kier molecular flexibility index (Phi) is 7.55. The number of hydrogen-bond donors (Lipinski definition) is 3. The highest BCUT2D eigenvalue weighted by Gasteiger charge is 2.18.